The summed E-state index contributed by atoms with van der Waals surface area (Å²) >= 11 is 0. The van der Waals surface area contributed by atoms with Crippen LogP contribution >= 0.6 is 0 Å². The van der Waals surface area contributed by atoms with E-state index in [0.29, 0.717) is 22.4 Å². The van der Waals surface area contributed by atoms with Crippen LogP contribution in [0, 0.1) is 20.8 Å². The van der Waals surface area contributed by atoms with Crippen LogP contribution in [0.5, 0.6) is 0 Å². The summed E-state index contributed by atoms with van der Waals surface area (Å²) < 4.78 is 32.1. The van der Waals surface area contributed by atoms with Crippen molar-refractivity contribution in [3.8, 4) is 0 Å². The Kier molecular flexibility index (Phi) is 4.13. The average molecular weight is 352 g/mol. The summed E-state index contributed by atoms with van der Waals surface area (Å²) in [5.74, 6) is -0.410. The van der Waals surface area contributed by atoms with E-state index in [1.165, 1.54) is 4.31 Å². The molecule has 0 N–H and O–H groups in total. The molecule has 1 atom stereocenters. The second kappa shape index (κ2) is 5.86. The largest absolute Gasteiger partial charge is 0.439 e. The van der Waals surface area contributed by atoms with Gasteiger partial charge in [-0.1, -0.05) is 17.7 Å². The average Bonchev–Trinajstić information content (AvgIpc) is 3.05. The SMILES string of the molecule is Cc1cc(C)c(S(=O)(=O)N2CCC(N3C(=O)COC3=O)C2)c(C)c1. The first-order valence-electron chi connectivity index (χ1n) is 7.78. The van der Waals surface area contributed by atoms with E-state index in [1.54, 1.807) is 13.8 Å². The van der Waals surface area contributed by atoms with Gasteiger partial charge in [-0.3, -0.25) is 4.79 Å². The molecule has 130 valence electrons. The monoisotopic (exact) mass is 352 g/mol. The van der Waals surface area contributed by atoms with Crippen LogP contribution < -0.4 is 0 Å². The highest BCUT2D eigenvalue weighted by molar-refractivity contribution is 7.89. The number of rotatable bonds is 3. The summed E-state index contributed by atoms with van der Waals surface area (Å²) in [6, 6.07) is 3.22. The van der Waals surface area contributed by atoms with E-state index in [1.807, 2.05) is 19.1 Å². The predicted molar refractivity (Wildman–Crippen MR) is 86.0 cm³/mol. The first kappa shape index (κ1) is 16.9. The number of amides is 2. The Bertz CT molecular complexity index is 779. The predicted octanol–water partition coefficient (Wildman–Crippen LogP) is 1.35. The van der Waals surface area contributed by atoms with E-state index in [0.717, 1.165) is 10.5 Å². The van der Waals surface area contributed by atoms with Gasteiger partial charge in [-0.15, -0.1) is 0 Å². The molecule has 0 aromatic heterocycles. The summed E-state index contributed by atoms with van der Waals surface area (Å²) in [4.78, 5) is 24.8. The Morgan fingerprint density at radius 1 is 1.12 bits per heavy atom. The maximum absolute atomic E-state index is 13.0. The first-order valence-corrected chi connectivity index (χ1v) is 9.22. The standard InChI is InChI=1S/C16H20N2O5S/c1-10-6-11(2)15(12(3)7-10)24(21,22)17-5-4-13(8-17)18-14(19)9-23-16(18)20/h6-7,13H,4-5,8-9H2,1-3H3. The molecule has 7 nitrogen and oxygen atoms in total. The van der Waals surface area contributed by atoms with E-state index in [4.69, 9.17) is 4.74 Å². The smallest absolute Gasteiger partial charge is 0.417 e. The topological polar surface area (TPSA) is 84.0 Å². The van der Waals surface area contributed by atoms with Crippen LogP contribution in [0.1, 0.15) is 23.1 Å². The van der Waals surface area contributed by atoms with Crippen molar-refractivity contribution >= 4 is 22.0 Å². The molecule has 0 saturated carbocycles. The van der Waals surface area contributed by atoms with Crippen LogP contribution in [0.4, 0.5) is 4.79 Å². The molecule has 3 rings (SSSR count). The molecule has 8 heteroatoms. The lowest BCUT2D eigenvalue weighted by Gasteiger charge is -2.22. The van der Waals surface area contributed by atoms with Crippen molar-refractivity contribution in [2.24, 2.45) is 0 Å². The van der Waals surface area contributed by atoms with Gasteiger partial charge in [0.1, 0.15) is 0 Å². The first-order chi connectivity index (χ1) is 11.2. The molecule has 1 aromatic carbocycles. The molecule has 2 amide bonds. The number of cyclic esters (lactones) is 1. The minimum atomic E-state index is -3.67. The normalized spacial score (nSPS) is 22.3. The Balaban J connectivity index is 1.88. The maximum Gasteiger partial charge on any atom is 0.417 e. The van der Waals surface area contributed by atoms with Gasteiger partial charge in [0.05, 0.1) is 10.9 Å². The van der Waals surface area contributed by atoms with Gasteiger partial charge in [0.2, 0.25) is 10.0 Å². The quantitative estimate of drug-likeness (QED) is 0.820. The number of nitrogens with zero attached hydrogens (tertiary/aromatic N) is 2. The minimum Gasteiger partial charge on any atom is -0.439 e. The second-order valence-electron chi connectivity index (χ2n) is 6.35. The number of aryl methyl sites for hydroxylation is 3. The number of ether oxygens (including phenoxy) is 1. The van der Waals surface area contributed by atoms with E-state index in [9.17, 15) is 18.0 Å². The van der Waals surface area contributed by atoms with E-state index < -0.39 is 28.1 Å². The lowest BCUT2D eigenvalue weighted by Crippen LogP contribution is -2.42. The highest BCUT2D eigenvalue weighted by Gasteiger charge is 2.43. The molecule has 2 heterocycles. The zero-order valence-corrected chi connectivity index (χ0v) is 14.7. The molecule has 0 bridgehead atoms. The van der Waals surface area contributed by atoms with Gasteiger partial charge in [-0.25, -0.2) is 18.1 Å². The fraction of sp³-hybridized carbons (Fsp3) is 0.500. The Labute approximate surface area is 141 Å². The molecular formula is C16H20N2O5S. The molecule has 0 spiro atoms. The minimum absolute atomic E-state index is 0.107. The van der Waals surface area contributed by atoms with Gasteiger partial charge in [-0.05, 0) is 38.3 Å². The summed E-state index contributed by atoms with van der Waals surface area (Å²) in [6.07, 6.45) is -0.267. The van der Waals surface area contributed by atoms with Crippen molar-refractivity contribution in [2.45, 2.75) is 38.1 Å². The van der Waals surface area contributed by atoms with Crippen LogP contribution in [-0.4, -0.2) is 55.4 Å². The molecule has 2 saturated heterocycles. The molecule has 2 aliphatic rings. The van der Waals surface area contributed by atoms with Crippen LogP contribution in [0.2, 0.25) is 0 Å². The fourth-order valence-corrected chi connectivity index (χ4v) is 5.46. The molecule has 0 aliphatic carbocycles. The summed E-state index contributed by atoms with van der Waals surface area (Å²) in [6.45, 7) is 5.60. The van der Waals surface area contributed by atoms with E-state index in [-0.39, 0.29) is 19.7 Å². The fourth-order valence-electron chi connectivity index (χ4n) is 3.56. The molecule has 2 aliphatic heterocycles. The van der Waals surface area contributed by atoms with Crippen LogP contribution in [0.25, 0.3) is 0 Å². The van der Waals surface area contributed by atoms with Crippen LogP contribution in [0.15, 0.2) is 17.0 Å². The summed E-state index contributed by atoms with van der Waals surface area (Å²) in [5, 5.41) is 0. The number of hydrogen-bond donors (Lipinski definition) is 0. The van der Waals surface area contributed by atoms with Gasteiger partial charge in [0, 0.05) is 13.1 Å². The lowest BCUT2D eigenvalue weighted by atomic mass is 10.1. The van der Waals surface area contributed by atoms with Gasteiger partial charge in [0.15, 0.2) is 6.61 Å². The second-order valence-corrected chi connectivity index (χ2v) is 8.23. The highest BCUT2D eigenvalue weighted by atomic mass is 32.2. The summed E-state index contributed by atoms with van der Waals surface area (Å²) in [7, 11) is -3.67. The molecule has 1 unspecified atom stereocenters. The third-order valence-corrected chi connectivity index (χ3v) is 6.65. The molecule has 0 radical (unpaired) electrons. The van der Waals surface area contributed by atoms with Crippen LogP contribution in [-0.2, 0) is 19.6 Å². The molecule has 1 aromatic rings. The molecule has 2 fully saturated rings. The van der Waals surface area contributed by atoms with Crippen molar-refractivity contribution in [1.29, 1.82) is 0 Å². The Morgan fingerprint density at radius 2 is 1.75 bits per heavy atom. The van der Waals surface area contributed by atoms with Crippen molar-refractivity contribution in [3.63, 3.8) is 0 Å². The third kappa shape index (κ3) is 2.69. The number of sulfonamides is 1. The van der Waals surface area contributed by atoms with E-state index >= 15 is 0 Å². The number of imide groups is 1. The van der Waals surface area contributed by atoms with Gasteiger partial charge >= 0.3 is 6.09 Å². The molecular weight excluding hydrogens is 332 g/mol. The van der Waals surface area contributed by atoms with Crippen molar-refractivity contribution in [1.82, 2.24) is 9.21 Å². The number of hydrogen-bond acceptors (Lipinski definition) is 5. The van der Waals surface area contributed by atoms with Crippen molar-refractivity contribution < 1.29 is 22.7 Å². The van der Waals surface area contributed by atoms with Crippen molar-refractivity contribution in [3.05, 3.63) is 28.8 Å². The van der Waals surface area contributed by atoms with Gasteiger partial charge in [-0.2, -0.15) is 4.31 Å². The summed E-state index contributed by atoms with van der Waals surface area (Å²) in [5.41, 5.74) is 2.41. The van der Waals surface area contributed by atoms with E-state index in [2.05, 4.69) is 0 Å². The van der Waals surface area contributed by atoms with Gasteiger partial charge < -0.3 is 4.74 Å². The third-order valence-electron chi connectivity index (χ3n) is 4.48. The zero-order valence-electron chi connectivity index (χ0n) is 13.9. The van der Waals surface area contributed by atoms with Crippen molar-refractivity contribution in [2.75, 3.05) is 19.7 Å². The zero-order chi connectivity index (χ0) is 17.6. The number of benzene rings is 1. The number of carbonyl (C=O) groups is 2. The molecule has 24 heavy (non-hydrogen) atoms. The Morgan fingerprint density at radius 3 is 2.29 bits per heavy atom. The van der Waals surface area contributed by atoms with Gasteiger partial charge in [0.25, 0.3) is 5.91 Å². The van der Waals surface area contributed by atoms with Crippen LogP contribution in [0.3, 0.4) is 0 Å². The maximum atomic E-state index is 13.0. The highest BCUT2D eigenvalue weighted by Crippen LogP contribution is 2.29. The number of carbonyl (C=O) groups excluding carboxylic acids is 2. The Hall–Kier alpha value is -1.93. The lowest BCUT2D eigenvalue weighted by molar-refractivity contribution is -0.127.